The smallest absolute Gasteiger partial charge is 0.142 e. The van der Waals surface area contributed by atoms with E-state index in [1.807, 2.05) is 41.5 Å². The highest BCUT2D eigenvalue weighted by Gasteiger charge is 2.28. The molecule has 0 heterocycles. The first-order valence-corrected chi connectivity index (χ1v) is 5.81. The van der Waals surface area contributed by atoms with E-state index in [4.69, 9.17) is 5.73 Å². The van der Waals surface area contributed by atoms with Gasteiger partial charge in [0.05, 0.1) is 5.69 Å². The SMILES string of the molecule is CC(C)(C)c1cc(O)c(C(C)(C)C)c(N)c1O. The average Bonchev–Trinajstić information content (AvgIpc) is 2.07. The molecular weight excluding hydrogens is 214 g/mol. The summed E-state index contributed by atoms with van der Waals surface area (Å²) in [5.41, 5.74) is 6.94. The third kappa shape index (κ3) is 2.48. The van der Waals surface area contributed by atoms with E-state index in [9.17, 15) is 10.2 Å². The Bertz CT molecular complexity index is 437. The Morgan fingerprint density at radius 1 is 0.941 bits per heavy atom. The number of phenols is 2. The molecule has 0 unspecified atom stereocenters. The lowest BCUT2D eigenvalue weighted by Gasteiger charge is -2.27. The van der Waals surface area contributed by atoms with Gasteiger partial charge in [0.25, 0.3) is 0 Å². The largest absolute Gasteiger partial charge is 0.508 e. The van der Waals surface area contributed by atoms with Gasteiger partial charge in [-0.15, -0.1) is 0 Å². The Hall–Kier alpha value is -1.38. The number of hydrogen-bond acceptors (Lipinski definition) is 3. The number of hydrogen-bond donors (Lipinski definition) is 3. The van der Waals surface area contributed by atoms with Crippen LogP contribution >= 0.6 is 0 Å². The van der Waals surface area contributed by atoms with Gasteiger partial charge < -0.3 is 15.9 Å². The van der Waals surface area contributed by atoms with E-state index in [2.05, 4.69) is 0 Å². The van der Waals surface area contributed by atoms with Crippen molar-refractivity contribution in [3.8, 4) is 11.5 Å². The van der Waals surface area contributed by atoms with Crippen molar-refractivity contribution in [2.45, 2.75) is 52.4 Å². The van der Waals surface area contributed by atoms with Gasteiger partial charge in [0.2, 0.25) is 0 Å². The first kappa shape index (κ1) is 13.7. The van der Waals surface area contributed by atoms with Gasteiger partial charge in [-0.1, -0.05) is 41.5 Å². The van der Waals surface area contributed by atoms with Crippen molar-refractivity contribution in [3.63, 3.8) is 0 Å². The highest BCUT2D eigenvalue weighted by atomic mass is 16.3. The second-order valence-corrected chi connectivity index (χ2v) is 6.58. The molecule has 0 saturated heterocycles. The van der Waals surface area contributed by atoms with Gasteiger partial charge >= 0.3 is 0 Å². The molecule has 1 aromatic rings. The average molecular weight is 237 g/mol. The molecule has 3 heteroatoms. The van der Waals surface area contributed by atoms with Crippen LogP contribution < -0.4 is 5.73 Å². The van der Waals surface area contributed by atoms with E-state index in [0.29, 0.717) is 11.1 Å². The van der Waals surface area contributed by atoms with Crippen molar-refractivity contribution in [1.29, 1.82) is 0 Å². The molecule has 0 aliphatic heterocycles. The Morgan fingerprint density at radius 2 is 1.41 bits per heavy atom. The minimum absolute atomic E-state index is 0.0835. The van der Waals surface area contributed by atoms with Gasteiger partial charge in [0.1, 0.15) is 11.5 Å². The highest BCUT2D eigenvalue weighted by Crippen LogP contribution is 2.45. The number of aromatic hydroxyl groups is 2. The van der Waals surface area contributed by atoms with E-state index in [1.54, 1.807) is 6.07 Å². The molecule has 4 N–H and O–H groups in total. The molecule has 0 aromatic heterocycles. The summed E-state index contributed by atoms with van der Waals surface area (Å²) < 4.78 is 0. The summed E-state index contributed by atoms with van der Waals surface area (Å²) in [5.74, 6) is 0.234. The van der Waals surface area contributed by atoms with Gasteiger partial charge in [-0.3, -0.25) is 0 Å². The van der Waals surface area contributed by atoms with Crippen LogP contribution in [0.2, 0.25) is 0 Å². The summed E-state index contributed by atoms with van der Waals surface area (Å²) in [4.78, 5) is 0. The van der Waals surface area contributed by atoms with Crippen LogP contribution in [0.5, 0.6) is 11.5 Å². The van der Waals surface area contributed by atoms with Crippen molar-refractivity contribution in [2.24, 2.45) is 0 Å². The van der Waals surface area contributed by atoms with Crippen molar-refractivity contribution in [2.75, 3.05) is 5.73 Å². The molecule has 17 heavy (non-hydrogen) atoms. The Balaban J connectivity index is 3.60. The van der Waals surface area contributed by atoms with E-state index in [-0.39, 0.29) is 28.0 Å². The van der Waals surface area contributed by atoms with Crippen molar-refractivity contribution < 1.29 is 10.2 Å². The molecule has 0 amide bonds. The third-order valence-electron chi connectivity index (χ3n) is 2.87. The minimum Gasteiger partial charge on any atom is -0.508 e. The number of nitrogen functional groups attached to an aromatic ring is 1. The summed E-state index contributed by atoms with van der Waals surface area (Å²) in [5, 5.41) is 20.3. The Kier molecular flexibility index (Phi) is 3.08. The maximum Gasteiger partial charge on any atom is 0.142 e. The predicted molar refractivity (Wildman–Crippen MR) is 71.6 cm³/mol. The van der Waals surface area contributed by atoms with Crippen LogP contribution in [0.15, 0.2) is 6.07 Å². The highest BCUT2D eigenvalue weighted by molar-refractivity contribution is 5.69. The van der Waals surface area contributed by atoms with Crippen LogP contribution in [0, 0.1) is 0 Å². The Labute approximate surface area is 103 Å². The van der Waals surface area contributed by atoms with Crippen LogP contribution in [0.4, 0.5) is 5.69 Å². The van der Waals surface area contributed by atoms with Crippen LogP contribution in [-0.4, -0.2) is 10.2 Å². The topological polar surface area (TPSA) is 66.5 Å². The lowest BCUT2D eigenvalue weighted by atomic mass is 9.79. The molecule has 0 saturated carbocycles. The molecule has 1 rings (SSSR count). The second-order valence-electron chi connectivity index (χ2n) is 6.58. The molecule has 0 radical (unpaired) electrons. The number of anilines is 1. The summed E-state index contributed by atoms with van der Waals surface area (Å²) in [6.07, 6.45) is 0. The summed E-state index contributed by atoms with van der Waals surface area (Å²) in [7, 11) is 0. The van der Waals surface area contributed by atoms with Gasteiger partial charge in [-0.2, -0.15) is 0 Å². The van der Waals surface area contributed by atoms with E-state index in [1.165, 1.54) is 0 Å². The fourth-order valence-corrected chi connectivity index (χ4v) is 2.04. The molecule has 0 aliphatic carbocycles. The number of rotatable bonds is 0. The van der Waals surface area contributed by atoms with Gasteiger partial charge in [-0.25, -0.2) is 0 Å². The third-order valence-corrected chi connectivity index (χ3v) is 2.87. The monoisotopic (exact) mass is 237 g/mol. The van der Waals surface area contributed by atoms with Gasteiger partial charge in [-0.05, 0) is 16.9 Å². The molecule has 0 bridgehead atoms. The van der Waals surface area contributed by atoms with E-state index in [0.717, 1.165) is 0 Å². The maximum absolute atomic E-state index is 10.2. The Morgan fingerprint density at radius 3 is 1.76 bits per heavy atom. The zero-order valence-electron chi connectivity index (χ0n) is 11.5. The quantitative estimate of drug-likeness (QED) is 0.368. The lowest BCUT2D eigenvalue weighted by molar-refractivity contribution is 0.422. The van der Waals surface area contributed by atoms with Crippen molar-refractivity contribution in [1.82, 2.24) is 0 Å². The fourth-order valence-electron chi connectivity index (χ4n) is 2.04. The molecule has 3 nitrogen and oxygen atoms in total. The number of nitrogens with two attached hydrogens (primary N) is 1. The first-order valence-electron chi connectivity index (χ1n) is 5.81. The normalized spacial score (nSPS) is 12.8. The van der Waals surface area contributed by atoms with Crippen LogP contribution in [0.1, 0.15) is 52.7 Å². The number of phenolic OH excluding ortho intramolecular Hbond substituents is 2. The van der Waals surface area contributed by atoms with E-state index < -0.39 is 0 Å². The molecule has 1 aromatic carbocycles. The van der Waals surface area contributed by atoms with Crippen molar-refractivity contribution in [3.05, 3.63) is 17.2 Å². The lowest BCUT2D eigenvalue weighted by Crippen LogP contribution is -2.18. The van der Waals surface area contributed by atoms with Crippen LogP contribution in [0.3, 0.4) is 0 Å². The maximum atomic E-state index is 10.2. The minimum atomic E-state index is -0.304. The molecule has 0 fully saturated rings. The first-order chi connectivity index (χ1) is 7.46. The molecule has 0 aliphatic rings. The molecule has 0 spiro atoms. The summed E-state index contributed by atoms with van der Waals surface area (Å²) in [6.45, 7) is 11.8. The number of benzene rings is 1. The van der Waals surface area contributed by atoms with Crippen LogP contribution in [-0.2, 0) is 10.8 Å². The molecular formula is C14H23NO2. The van der Waals surface area contributed by atoms with Gasteiger partial charge in [0, 0.05) is 11.1 Å². The molecule has 0 atom stereocenters. The summed E-state index contributed by atoms with van der Waals surface area (Å²) >= 11 is 0. The second kappa shape index (κ2) is 3.83. The fraction of sp³-hybridized carbons (Fsp3) is 0.571. The zero-order valence-corrected chi connectivity index (χ0v) is 11.5. The molecule has 96 valence electrons. The predicted octanol–water partition coefficient (Wildman–Crippen LogP) is 3.28. The van der Waals surface area contributed by atoms with Gasteiger partial charge in [0.15, 0.2) is 0 Å². The van der Waals surface area contributed by atoms with Crippen molar-refractivity contribution >= 4 is 5.69 Å². The summed E-state index contributed by atoms with van der Waals surface area (Å²) in [6, 6.07) is 1.62. The van der Waals surface area contributed by atoms with Crippen LogP contribution in [0.25, 0.3) is 0 Å². The standard InChI is InChI=1S/C14H23NO2/c1-13(2,3)8-7-9(16)10(14(4,5)6)11(15)12(8)17/h7,16-17H,15H2,1-6H3. The van der Waals surface area contributed by atoms with E-state index >= 15 is 0 Å². The zero-order chi connectivity index (χ0) is 13.6.